The molecule has 0 atom stereocenters. The van der Waals surface area contributed by atoms with E-state index in [1.165, 1.54) is 13.3 Å². The number of carbonyl (C=O) groups is 2. The fourth-order valence-corrected chi connectivity index (χ4v) is 3.51. The zero-order chi connectivity index (χ0) is 23.9. The Morgan fingerprint density at radius 1 is 1.21 bits per heavy atom. The molecule has 2 aromatic rings. The summed E-state index contributed by atoms with van der Waals surface area (Å²) in [5, 5.41) is 13.6. The number of nitrogens with zero attached hydrogens (tertiary/aromatic N) is 4. The molecule has 1 aromatic carbocycles. The molecular formula is C22H24N6O6. The summed E-state index contributed by atoms with van der Waals surface area (Å²) in [6, 6.07) is 6.99. The molecular weight excluding hydrogens is 444 g/mol. The van der Waals surface area contributed by atoms with Gasteiger partial charge in [0.15, 0.2) is 11.5 Å². The monoisotopic (exact) mass is 468 g/mol. The van der Waals surface area contributed by atoms with E-state index in [1.807, 2.05) is 11.0 Å². The first kappa shape index (κ1) is 23.0. The highest BCUT2D eigenvalue weighted by Gasteiger charge is 2.33. The Morgan fingerprint density at radius 2 is 2.09 bits per heavy atom. The molecule has 0 saturated carbocycles. The summed E-state index contributed by atoms with van der Waals surface area (Å²) in [6.07, 6.45) is 1.99. The van der Waals surface area contributed by atoms with E-state index in [2.05, 4.69) is 25.6 Å². The smallest absolute Gasteiger partial charge is 0.404 e. The molecule has 3 heterocycles. The van der Waals surface area contributed by atoms with E-state index in [-0.39, 0.29) is 32.3 Å². The van der Waals surface area contributed by atoms with Crippen LogP contribution < -0.4 is 20.1 Å². The molecule has 0 spiro atoms. The number of pyridine rings is 1. The van der Waals surface area contributed by atoms with Crippen LogP contribution in [0.4, 0.5) is 10.5 Å². The minimum Gasteiger partial charge on any atom is -0.491 e. The van der Waals surface area contributed by atoms with Gasteiger partial charge in [0.2, 0.25) is 5.96 Å². The van der Waals surface area contributed by atoms with Crippen molar-refractivity contribution >= 4 is 29.5 Å². The number of benzene rings is 1. The van der Waals surface area contributed by atoms with E-state index in [9.17, 15) is 9.59 Å². The van der Waals surface area contributed by atoms with E-state index in [0.717, 1.165) is 5.56 Å². The fraction of sp³-hybridized carbons (Fsp3) is 0.318. The zero-order valence-corrected chi connectivity index (χ0v) is 18.5. The maximum absolute atomic E-state index is 12.7. The lowest BCUT2D eigenvalue weighted by Gasteiger charge is -2.28. The molecule has 178 valence electrons. The second kappa shape index (κ2) is 10.6. The first-order valence-electron chi connectivity index (χ1n) is 10.6. The van der Waals surface area contributed by atoms with Crippen molar-refractivity contribution in [1.82, 2.24) is 20.5 Å². The number of aliphatic imine (C=N–C) groups is 2. The zero-order valence-electron chi connectivity index (χ0n) is 18.5. The molecule has 2 aliphatic heterocycles. The number of guanidine groups is 1. The predicted molar refractivity (Wildman–Crippen MR) is 122 cm³/mol. The number of amides is 2. The van der Waals surface area contributed by atoms with Crippen LogP contribution in [0, 0.1) is 0 Å². The average molecular weight is 468 g/mol. The third-order valence-electron chi connectivity index (χ3n) is 5.01. The summed E-state index contributed by atoms with van der Waals surface area (Å²) in [5.74, 6) is 1.59. The van der Waals surface area contributed by atoms with Crippen molar-refractivity contribution in [2.45, 2.75) is 0 Å². The second-order valence-electron chi connectivity index (χ2n) is 7.17. The van der Waals surface area contributed by atoms with Gasteiger partial charge in [-0.3, -0.25) is 25.0 Å². The molecule has 3 N–H and O–H groups in total. The van der Waals surface area contributed by atoms with Gasteiger partial charge in [-0.05, 0) is 24.3 Å². The molecule has 1 aromatic heterocycles. The molecule has 2 aliphatic rings. The van der Waals surface area contributed by atoms with E-state index >= 15 is 0 Å². The summed E-state index contributed by atoms with van der Waals surface area (Å²) >= 11 is 0. The molecule has 4 rings (SSSR count). The van der Waals surface area contributed by atoms with Gasteiger partial charge in [-0.25, -0.2) is 9.79 Å². The van der Waals surface area contributed by atoms with Crippen molar-refractivity contribution in [3.63, 3.8) is 0 Å². The molecule has 0 aliphatic carbocycles. The Hall–Kier alpha value is -4.19. The summed E-state index contributed by atoms with van der Waals surface area (Å²) in [4.78, 5) is 38.3. The van der Waals surface area contributed by atoms with Gasteiger partial charge in [0.25, 0.3) is 5.91 Å². The summed E-state index contributed by atoms with van der Waals surface area (Å²) in [7, 11) is 1.52. The van der Waals surface area contributed by atoms with Gasteiger partial charge in [-0.1, -0.05) is 0 Å². The molecule has 2 amide bonds. The lowest BCUT2D eigenvalue weighted by Crippen LogP contribution is -2.47. The van der Waals surface area contributed by atoms with E-state index in [4.69, 9.17) is 19.3 Å². The van der Waals surface area contributed by atoms with Crippen LogP contribution in [0.1, 0.15) is 15.9 Å². The highest BCUT2D eigenvalue weighted by atomic mass is 16.5. The lowest BCUT2D eigenvalue weighted by atomic mass is 10.1. The lowest BCUT2D eigenvalue weighted by molar-refractivity contribution is 0.0973. The molecule has 12 nitrogen and oxygen atoms in total. The van der Waals surface area contributed by atoms with Crippen molar-refractivity contribution in [3.8, 4) is 11.5 Å². The van der Waals surface area contributed by atoms with Crippen LogP contribution in [-0.2, 0) is 4.74 Å². The molecule has 0 saturated heterocycles. The van der Waals surface area contributed by atoms with Crippen LogP contribution in [0.2, 0.25) is 0 Å². The number of carbonyl (C=O) groups excluding carboxylic acids is 1. The Labute approximate surface area is 195 Å². The third-order valence-corrected chi connectivity index (χ3v) is 5.01. The van der Waals surface area contributed by atoms with Crippen LogP contribution in [0.5, 0.6) is 11.5 Å². The second-order valence-corrected chi connectivity index (χ2v) is 7.17. The first-order chi connectivity index (χ1) is 16.6. The number of methoxy groups -OCH3 is 1. The van der Waals surface area contributed by atoms with Crippen molar-refractivity contribution < 1.29 is 28.9 Å². The number of hydrogen-bond acceptors (Lipinski definition) is 9. The first-order valence-corrected chi connectivity index (χ1v) is 10.6. The quantitative estimate of drug-likeness (QED) is 0.466. The van der Waals surface area contributed by atoms with Gasteiger partial charge >= 0.3 is 6.09 Å². The number of fused-ring (bicyclic) bond motifs is 3. The van der Waals surface area contributed by atoms with Crippen LogP contribution in [0.15, 0.2) is 46.6 Å². The fourth-order valence-electron chi connectivity index (χ4n) is 3.51. The van der Waals surface area contributed by atoms with Gasteiger partial charge in [-0.2, -0.15) is 0 Å². The summed E-state index contributed by atoms with van der Waals surface area (Å²) in [5.41, 5.74) is 1.69. The predicted octanol–water partition coefficient (Wildman–Crippen LogP) is 1.25. The van der Waals surface area contributed by atoms with Gasteiger partial charge in [0.05, 0.1) is 32.4 Å². The third kappa shape index (κ3) is 5.07. The van der Waals surface area contributed by atoms with E-state index < -0.39 is 6.09 Å². The molecule has 0 radical (unpaired) electrons. The van der Waals surface area contributed by atoms with Crippen molar-refractivity contribution in [2.24, 2.45) is 9.98 Å². The number of aromatic nitrogens is 1. The Morgan fingerprint density at radius 3 is 2.85 bits per heavy atom. The van der Waals surface area contributed by atoms with Crippen LogP contribution in [0.25, 0.3) is 0 Å². The largest absolute Gasteiger partial charge is 0.491 e. The Balaban J connectivity index is 1.50. The summed E-state index contributed by atoms with van der Waals surface area (Å²) < 4.78 is 16.8. The van der Waals surface area contributed by atoms with Crippen LogP contribution >= 0.6 is 0 Å². The maximum Gasteiger partial charge on any atom is 0.404 e. The number of ether oxygens (including phenoxy) is 3. The number of amidine groups is 1. The van der Waals surface area contributed by atoms with Crippen molar-refractivity contribution in [1.29, 1.82) is 0 Å². The Bertz CT molecular complexity index is 1120. The van der Waals surface area contributed by atoms with Gasteiger partial charge < -0.3 is 24.6 Å². The number of rotatable bonds is 9. The average Bonchev–Trinajstić information content (AvgIpc) is 3.34. The van der Waals surface area contributed by atoms with Crippen molar-refractivity contribution in [3.05, 3.63) is 47.8 Å². The molecule has 0 bridgehead atoms. The number of carboxylic acid groups (broad SMARTS) is 1. The molecule has 0 fully saturated rings. The minimum absolute atomic E-state index is 0.193. The van der Waals surface area contributed by atoms with Gasteiger partial charge in [-0.15, -0.1) is 0 Å². The molecule has 12 heteroatoms. The van der Waals surface area contributed by atoms with Crippen LogP contribution in [0.3, 0.4) is 0 Å². The van der Waals surface area contributed by atoms with E-state index in [1.54, 1.807) is 24.4 Å². The highest BCUT2D eigenvalue weighted by molar-refractivity contribution is 6.20. The van der Waals surface area contributed by atoms with Gasteiger partial charge in [0.1, 0.15) is 18.1 Å². The van der Waals surface area contributed by atoms with Gasteiger partial charge in [0, 0.05) is 31.0 Å². The number of hydrogen-bond donors (Lipinski definition) is 3. The minimum atomic E-state index is -1.10. The molecule has 34 heavy (non-hydrogen) atoms. The topological polar surface area (TPSA) is 147 Å². The maximum atomic E-state index is 12.7. The normalized spacial score (nSPS) is 13.9. The summed E-state index contributed by atoms with van der Waals surface area (Å²) in [6.45, 7) is 2.08. The van der Waals surface area contributed by atoms with Crippen LogP contribution in [-0.4, -0.2) is 85.4 Å². The molecule has 0 unspecified atom stereocenters. The number of nitrogens with one attached hydrogen (secondary N) is 2. The van der Waals surface area contributed by atoms with E-state index in [0.29, 0.717) is 47.6 Å². The Kier molecular flexibility index (Phi) is 7.18. The highest BCUT2D eigenvalue weighted by Crippen LogP contribution is 2.43. The SMILES string of the molecule is COc1c(OCCOCCNC(=O)O)ccc2c1N=C(NC(=O)c1cccnc1)N1CCN=C21. The standard InChI is InChI=1S/C22H24N6O6/c1-32-18-16(34-12-11-33-10-8-25-22(30)31)5-4-15-17(18)26-21(28-9-7-24-19(15)28)27-20(29)14-3-2-6-23-13-14/h2-6,13,25H,7-12H2,1H3,(H,30,31)(H,26,27,29). The van der Waals surface area contributed by atoms with Crippen molar-refractivity contribution in [2.75, 3.05) is 46.6 Å².